The van der Waals surface area contributed by atoms with Crippen molar-refractivity contribution in [2.24, 2.45) is 17.8 Å². The Morgan fingerprint density at radius 2 is 1.50 bits per heavy atom. The number of hydrogen-bond acceptors (Lipinski definition) is 7. The van der Waals surface area contributed by atoms with Gasteiger partial charge >= 0.3 is 6.03 Å². The minimum absolute atomic E-state index is 0.0398. The van der Waals surface area contributed by atoms with E-state index in [0.29, 0.717) is 57.0 Å². The maximum absolute atomic E-state index is 13.7. The predicted molar refractivity (Wildman–Crippen MR) is 163 cm³/mol. The second kappa shape index (κ2) is 10.7. The van der Waals surface area contributed by atoms with Crippen LogP contribution in [-0.4, -0.2) is 92.2 Å². The van der Waals surface area contributed by atoms with Crippen LogP contribution in [0, 0.1) is 17.8 Å². The highest BCUT2D eigenvalue weighted by atomic mass is 32.2. The lowest BCUT2D eigenvalue weighted by atomic mass is 9.52. The van der Waals surface area contributed by atoms with Crippen LogP contribution >= 0.6 is 0 Å². The number of piperazine rings is 1. The number of urea groups is 1. The topological polar surface area (TPSA) is 117 Å². The van der Waals surface area contributed by atoms with Crippen molar-refractivity contribution < 1.29 is 23.4 Å². The Morgan fingerprint density at radius 1 is 0.857 bits per heavy atom. The van der Waals surface area contributed by atoms with E-state index in [1.54, 1.807) is 0 Å². The number of para-hydroxylation sites is 2. The first-order chi connectivity index (χ1) is 20.2. The SMILES string of the molecule is O=C(N[C@H]1C2CC3CC1C[C@@](O)(C3)C2)N1CCN(c2ccc(N3CCN(S(=O)(=O)CCO)CC3)cc2)c2ccccc21. The minimum atomic E-state index is -3.41. The summed E-state index contributed by atoms with van der Waals surface area (Å²) >= 11 is 0. The number of rotatable bonds is 6. The van der Waals surface area contributed by atoms with Gasteiger partial charge in [-0.25, -0.2) is 13.2 Å². The Kier molecular flexibility index (Phi) is 7.11. The summed E-state index contributed by atoms with van der Waals surface area (Å²) in [6.07, 6.45) is 4.78. The predicted octanol–water partition coefficient (Wildman–Crippen LogP) is 2.74. The van der Waals surface area contributed by atoms with Gasteiger partial charge in [-0.05, 0) is 86.3 Å². The molecule has 2 heterocycles. The number of aliphatic hydroxyl groups is 2. The lowest BCUT2D eigenvalue weighted by molar-refractivity contribution is -0.136. The number of amides is 2. The fourth-order valence-corrected chi connectivity index (χ4v) is 9.80. The highest BCUT2D eigenvalue weighted by molar-refractivity contribution is 7.89. The Balaban J connectivity index is 1.03. The lowest BCUT2D eigenvalue weighted by Crippen LogP contribution is -2.63. The van der Waals surface area contributed by atoms with Crippen molar-refractivity contribution in [1.82, 2.24) is 9.62 Å². The van der Waals surface area contributed by atoms with Crippen LogP contribution in [-0.2, 0) is 10.0 Å². The van der Waals surface area contributed by atoms with Crippen LogP contribution in [0.25, 0.3) is 0 Å². The molecule has 2 amide bonds. The maximum Gasteiger partial charge on any atom is 0.322 e. The van der Waals surface area contributed by atoms with Gasteiger partial charge in [0.25, 0.3) is 0 Å². The Morgan fingerprint density at radius 3 is 2.14 bits per heavy atom. The summed E-state index contributed by atoms with van der Waals surface area (Å²) in [6.45, 7) is 2.90. The third-order valence-corrected chi connectivity index (χ3v) is 12.1. The van der Waals surface area contributed by atoms with E-state index in [-0.39, 0.29) is 24.4 Å². The number of fused-ring (bicyclic) bond motifs is 1. The molecule has 226 valence electrons. The standard InChI is InChI=1S/C31H41N5O5S/c37-15-16-42(40,41)34-11-9-33(10-12-34)25-5-7-26(8-6-25)35-13-14-36(28-4-2-1-3-27(28)35)30(38)32-29-23-17-22-18-24(29)21-31(39,19-22)20-23/h1-8,22-24,29,37,39H,9-21H2,(H,32,38)/t22?,23?,24?,29-,31+. The summed E-state index contributed by atoms with van der Waals surface area (Å²) in [5, 5.41) is 23.4. The van der Waals surface area contributed by atoms with Crippen LogP contribution in [0.5, 0.6) is 0 Å². The number of carbonyl (C=O) groups excluding carboxylic acids is 1. The van der Waals surface area contributed by atoms with Gasteiger partial charge < -0.3 is 25.3 Å². The summed E-state index contributed by atoms with van der Waals surface area (Å²) in [7, 11) is -3.41. The molecule has 11 heteroatoms. The number of benzene rings is 2. The summed E-state index contributed by atoms with van der Waals surface area (Å²) in [4.78, 5) is 20.0. The molecule has 6 aliphatic rings. The van der Waals surface area contributed by atoms with E-state index in [2.05, 4.69) is 45.4 Å². The van der Waals surface area contributed by atoms with E-state index in [9.17, 15) is 18.3 Å². The van der Waals surface area contributed by atoms with Crippen LogP contribution in [0.1, 0.15) is 32.1 Å². The fraction of sp³-hybridized carbons (Fsp3) is 0.581. The monoisotopic (exact) mass is 595 g/mol. The van der Waals surface area contributed by atoms with E-state index < -0.39 is 15.6 Å². The van der Waals surface area contributed by atoms with Crippen molar-refractivity contribution in [2.45, 2.75) is 43.7 Å². The highest BCUT2D eigenvalue weighted by Gasteiger charge is 2.55. The van der Waals surface area contributed by atoms with E-state index in [1.807, 2.05) is 23.1 Å². The van der Waals surface area contributed by atoms with Gasteiger partial charge in [-0.2, -0.15) is 4.31 Å². The van der Waals surface area contributed by atoms with Crippen molar-refractivity contribution in [2.75, 3.05) is 66.3 Å². The van der Waals surface area contributed by atoms with Crippen LogP contribution in [0.15, 0.2) is 48.5 Å². The second-order valence-corrected chi connectivity index (χ2v) is 15.0. The van der Waals surface area contributed by atoms with E-state index >= 15 is 0 Å². The molecule has 5 fully saturated rings. The van der Waals surface area contributed by atoms with Crippen LogP contribution in [0.3, 0.4) is 0 Å². The molecular weight excluding hydrogens is 554 g/mol. The van der Waals surface area contributed by atoms with Gasteiger partial charge in [0.15, 0.2) is 0 Å². The molecule has 4 bridgehead atoms. The van der Waals surface area contributed by atoms with Crippen molar-refractivity contribution >= 4 is 38.8 Å². The van der Waals surface area contributed by atoms with Gasteiger partial charge in [-0.15, -0.1) is 0 Å². The molecule has 4 aliphatic carbocycles. The quantitative estimate of drug-likeness (QED) is 0.470. The molecule has 2 aromatic carbocycles. The summed E-state index contributed by atoms with van der Waals surface area (Å²) in [6, 6.07) is 16.5. The zero-order valence-electron chi connectivity index (χ0n) is 23.9. The molecule has 0 spiro atoms. The molecule has 2 aromatic rings. The lowest BCUT2D eigenvalue weighted by Gasteiger charge is -2.58. The Bertz CT molecular complexity index is 1410. The number of anilines is 4. The molecule has 3 N–H and O–H groups in total. The highest BCUT2D eigenvalue weighted by Crippen LogP contribution is 2.55. The first-order valence-electron chi connectivity index (χ1n) is 15.3. The molecule has 4 saturated carbocycles. The molecule has 8 rings (SSSR count). The number of nitrogens with one attached hydrogen (secondary N) is 1. The summed E-state index contributed by atoms with van der Waals surface area (Å²) in [5.74, 6) is 1.11. The molecule has 2 aliphatic heterocycles. The smallest absolute Gasteiger partial charge is 0.322 e. The summed E-state index contributed by atoms with van der Waals surface area (Å²) < 4.78 is 26.0. The number of hydrogen-bond donors (Lipinski definition) is 3. The average molecular weight is 596 g/mol. The molecule has 2 unspecified atom stereocenters. The Hall–Kier alpha value is -2.86. The summed E-state index contributed by atoms with van der Waals surface area (Å²) in [5.41, 5.74) is 3.47. The first-order valence-corrected chi connectivity index (χ1v) is 16.9. The third-order valence-electron chi connectivity index (χ3n) is 10.3. The van der Waals surface area contributed by atoms with Gasteiger partial charge in [-0.1, -0.05) is 12.1 Å². The van der Waals surface area contributed by atoms with Crippen LogP contribution in [0.2, 0.25) is 0 Å². The molecule has 10 nitrogen and oxygen atoms in total. The van der Waals surface area contributed by atoms with Gasteiger partial charge in [0.2, 0.25) is 10.0 Å². The minimum Gasteiger partial charge on any atom is -0.395 e. The number of aliphatic hydroxyl groups excluding tert-OH is 1. The maximum atomic E-state index is 13.7. The van der Waals surface area contributed by atoms with Gasteiger partial charge in [0, 0.05) is 56.7 Å². The van der Waals surface area contributed by atoms with Gasteiger partial charge in [0.05, 0.1) is 29.3 Å². The molecule has 2 atom stereocenters. The van der Waals surface area contributed by atoms with Crippen molar-refractivity contribution in [3.63, 3.8) is 0 Å². The third kappa shape index (κ3) is 5.04. The fourth-order valence-electron chi connectivity index (χ4n) is 8.59. The molecule has 0 radical (unpaired) electrons. The molecule has 42 heavy (non-hydrogen) atoms. The normalized spacial score (nSPS) is 30.9. The first kappa shape index (κ1) is 27.9. The zero-order chi connectivity index (χ0) is 29.1. The van der Waals surface area contributed by atoms with Crippen LogP contribution < -0.4 is 20.0 Å². The van der Waals surface area contributed by atoms with E-state index in [4.69, 9.17) is 5.11 Å². The van der Waals surface area contributed by atoms with Gasteiger partial charge in [0.1, 0.15) is 0 Å². The van der Waals surface area contributed by atoms with E-state index in [1.165, 1.54) is 4.31 Å². The van der Waals surface area contributed by atoms with Crippen molar-refractivity contribution in [1.29, 1.82) is 0 Å². The number of carbonyl (C=O) groups is 1. The van der Waals surface area contributed by atoms with Crippen LogP contribution in [0.4, 0.5) is 27.5 Å². The molecule has 1 saturated heterocycles. The molecular formula is C31H41N5O5S. The molecule has 0 aromatic heterocycles. The largest absolute Gasteiger partial charge is 0.395 e. The number of nitrogens with zero attached hydrogens (tertiary/aromatic N) is 4. The van der Waals surface area contributed by atoms with E-state index in [0.717, 1.165) is 54.9 Å². The zero-order valence-corrected chi connectivity index (χ0v) is 24.8. The second-order valence-electron chi connectivity index (χ2n) is 12.9. The van der Waals surface area contributed by atoms with Gasteiger partial charge in [-0.3, -0.25) is 4.90 Å². The van der Waals surface area contributed by atoms with Crippen molar-refractivity contribution in [3.8, 4) is 0 Å². The average Bonchev–Trinajstić information content (AvgIpc) is 2.98. The Labute approximate surface area is 247 Å². The number of sulfonamides is 1. The van der Waals surface area contributed by atoms with Crippen molar-refractivity contribution in [3.05, 3.63) is 48.5 Å².